The molecule has 1 aliphatic rings. The van der Waals surface area contributed by atoms with Crippen molar-refractivity contribution < 1.29 is 0 Å². The Morgan fingerprint density at radius 2 is 2.00 bits per heavy atom. The maximum absolute atomic E-state index is 6.44. The van der Waals surface area contributed by atoms with E-state index in [1.165, 1.54) is 42.6 Å². The predicted molar refractivity (Wildman–Crippen MR) is 90.7 cm³/mol. The molecule has 0 heterocycles. The summed E-state index contributed by atoms with van der Waals surface area (Å²) in [5.74, 6) is 0.684. The van der Waals surface area contributed by atoms with Gasteiger partial charge in [-0.25, -0.2) is 0 Å². The van der Waals surface area contributed by atoms with Gasteiger partial charge in [0, 0.05) is 16.7 Å². The van der Waals surface area contributed by atoms with E-state index in [2.05, 4.69) is 31.3 Å². The summed E-state index contributed by atoms with van der Waals surface area (Å²) in [5, 5.41) is 5.21. The summed E-state index contributed by atoms with van der Waals surface area (Å²) in [6.45, 7) is 6.46. The van der Waals surface area contributed by atoms with Gasteiger partial charge >= 0.3 is 0 Å². The number of hydrogen-bond donors (Lipinski definition) is 1. The van der Waals surface area contributed by atoms with Crippen molar-refractivity contribution in [1.29, 1.82) is 0 Å². The Morgan fingerprint density at radius 1 is 1.25 bits per heavy atom. The fourth-order valence-electron chi connectivity index (χ4n) is 2.67. The molecule has 0 saturated heterocycles. The standard InChI is InChI=1S/C17H26ClNS/c1-13(2)11-19-12-14-7-6-10-16(18)17(14)20-15-8-4-3-5-9-15/h6-7,10,13,15,19H,3-5,8-9,11-12H2,1-2H3. The van der Waals surface area contributed by atoms with Crippen molar-refractivity contribution in [3.63, 3.8) is 0 Å². The third-order valence-electron chi connectivity index (χ3n) is 3.75. The Morgan fingerprint density at radius 3 is 2.70 bits per heavy atom. The van der Waals surface area contributed by atoms with Gasteiger partial charge in [0.1, 0.15) is 0 Å². The second-order valence-electron chi connectivity index (χ2n) is 6.13. The molecule has 0 amide bonds. The highest BCUT2D eigenvalue weighted by Crippen LogP contribution is 2.39. The van der Waals surface area contributed by atoms with E-state index in [9.17, 15) is 0 Å². The van der Waals surface area contributed by atoms with Crippen molar-refractivity contribution in [2.24, 2.45) is 5.92 Å². The minimum Gasteiger partial charge on any atom is -0.312 e. The van der Waals surface area contributed by atoms with E-state index in [1.807, 2.05) is 17.8 Å². The molecule has 0 radical (unpaired) electrons. The van der Waals surface area contributed by atoms with E-state index in [0.29, 0.717) is 5.92 Å². The zero-order chi connectivity index (χ0) is 14.4. The fourth-order valence-corrected chi connectivity index (χ4v) is 4.37. The lowest BCUT2D eigenvalue weighted by Gasteiger charge is -2.23. The third-order valence-corrected chi connectivity index (χ3v) is 5.70. The van der Waals surface area contributed by atoms with E-state index < -0.39 is 0 Å². The fraction of sp³-hybridized carbons (Fsp3) is 0.647. The summed E-state index contributed by atoms with van der Waals surface area (Å²) >= 11 is 8.45. The van der Waals surface area contributed by atoms with Gasteiger partial charge < -0.3 is 5.32 Å². The molecule has 0 bridgehead atoms. The highest BCUT2D eigenvalue weighted by Gasteiger charge is 2.18. The number of nitrogens with one attached hydrogen (secondary N) is 1. The van der Waals surface area contributed by atoms with Gasteiger partial charge in [0.05, 0.1) is 5.02 Å². The highest BCUT2D eigenvalue weighted by molar-refractivity contribution is 8.00. The zero-order valence-corrected chi connectivity index (χ0v) is 14.2. The lowest BCUT2D eigenvalue weighted by molar-refractivity contribution is 0.515. The molecule has 0 spiro atoms. The molecule has 1 fully saturated rings. The van der Waals surface area contributed by atoms with Gasteiger partial charge in [-0.3, -0.25) is 0 Å². The van der Waals surface area contributed by atoms with Crippen LogP contribution >= 0.6 is 23.4 Å². The summed E-state index contributed by atoms with van der Waals surface area (Å²) in [6, 6.07) is 6.31. The van der Waals surface area contributed by atoms with Gasteiger partial charge in [-0.1, -0.05) is 56.8 Å². The predicted octanol–water partition coefficient (Wildman–Crippen LogP) is 5.51. The smallest absolute Gasteiger partial charge is 0.0545 e. The molecule has 2 rings (SSSR count). The minimum atomic E-state index is 0.684. The third kappa shape index (κ3) is 4.98. The van der Waals surface area contributed by atoms with Crippen LogP contribution in [0.3, 0.4) is 0 Å². The maximum atomic E-state index is 6.44. The molecule has 112 valence electrons. The average Bonchev–Trinajstić information content (AvgIpc) is 2.43. The molecule has 3 heteroatoms. The van der Waals surface area contributed by atoms with Crippen LogP contribution in [0.15, 0.2) is 23.1 Å². The average molecular weight is 312 g/mol. The first-order chi connectivity index (χ1) is 9.66. The normalized spacial score (nSPS) is 16.8. The Balaban J connectivity index is 2.01. The molecule has 0 atom stereocenters. The molecule has 20 heavy (non-hydrogen) atoms. The van der Waals surface area contributed by atoms with Gasteiger partial charge in [0.2, 0.25) is 0 Å². The van der Waals surface area contributed by atoms with Crippen molar-refractivity contribution in [1.82, 2.24) is 5.32 Å². The molecule has 0 unspecified atom stereocenters. The SMILES string of the molecule is CC(C)CNCc1cccc(Cl)c1SC1CCCCC1. The van der Waals surface area contributed by atoms with Crippen molar-refractivity contribution in [2.45, 2.75) is 62.6 Å². The monoisotopic (exact) mass is 311 g/mol. The second kappa shape index (κ2) is 8.31. The number of thioether (sulfide) groups is 1. The van der Waals surface area contributed by atoms with Crippen LogP contribution in [0.2, 0.25) is 5.02 Å². The quantitative estimate of drug-likeness (QED) is 0.743. The molecule has 1 nitrogen and oxygen atoms in total. The lowest BCUT2D eigenvalue weighted by Crippen LogP contribution is -2.19. The topological polar surface area (TPSA) is 12.0 Å². The van der Waals surface area contributed by atoms with Crippen molar-refractivity contribution in [2.75, 3.05) is 6.54 Å². The van der Waals surface area contributed by atoms with E-state index in [1.54, 1.807) is 0 Å². The largest absolute Gasteiger partial charge is 0.312 e. The van der Waals surface area contributed by atoms with Crippen LogP contribution in [0, 0.1) is 5.92 Å². The number of rotatable bonds is 6. The van der Waals surface area contributed by atoms with Crippen molar-refractivity contribution in [3.05, 3.63) is 28.8 Å². The first-order valence-corrected chi connectivity index (χ1v) is 9.07. The van der Waals surface area contributed by atoms with E-state index >= 15 is 0 Å². The molecular formula is C17H26ClNS. The summed E-state index contributed by atoms with van der Waals surface area (Å²) in [6.07, 6.45) is 6.85. The molecule has 1 aromatic carbocycles. The molecular weight excluding hydrogens is 286 g/mol. The number of benzene rings is 1. The van der Waals surface area contributed by atoms with Gasteiger partial charge in [-0.05, 0) is 36.9 Å². The molecule has 1 N–H and O–H groups in total. The van der Waals surface area contributed by atoms with Crippen LogP contribution in [0.25, 0.3) is 0 Å². The zero-order valence-electron chi connectivity index (χ0n) is 12.6. The van der Waals surface area contributed by atoms with E-state index in [-0.39, 0.29) is 0 Å². The first-order valence-electron chi connectivity index (χ1n) is 7.81. The highest BCUT2D eigenvalue weighted by atomic mass is 35.5. The van der Waals surface area contributed by atoms with Gasteiger partial charge in [0.25, 0.3) is 0 Å². The molecule has 1 saturated carbocycles. The van der Waals surface area contributed by atoms with Gasteiger partial charge in [0.15, 0.2) is 0 Å². The summed E-state index contributed by atoms with van der Waals surface area (Å²) in [7, 11) is 0. The number of hydrogen-bond acceptors (Lipinski definition) is 2. The van der Waals surface area contributed by atoms with Crippen LogP contribution in [-0.4, -0.2) is 11.8 Å². The minimum absolute atomic E-state index is 0.684. The first kappa shape index (κ1) is 16.2. The van der Waals surface area contributed by atoms with Gasteiger partial charge in [-0.15, -0.1) is 11.8 Å². The Bertz CT molecular complexity index is 413. The van der Waals surface area contributed by atoms with Crippen LogP contribution in [-0.2, 0) is 6.54 Å². The maximum Gasteiger partial charge on any atom is 0.0545 e. The van der Waals surface area contributed by atoms with Crippen LogP contribution < -0.4 is 5.32 Å². The Labute approximate surface area is 132 Å². The summed E-state index contributed by atoms with van der Waals surface area (Å²) in [5.41, 5.74) is 1.36. The Kier molecular flexibility index (Phi) is 6.73. The van der Waals surface area contributed by atoms with E-state index in [4.69, 9.17) is 11.6 Å². The molecule has 1 aliphatic carbocycles. The molecule has 1 aromatic rings. The van der Waals surface area contributed by atoms with Crippen LogP contribution in [0.4, 0.5) is 0 Å². The van der Waals surface area contributed by atoms with Crippen molar-refractivity contribution >= 4 is 23.4 Å². The van der Waals surface area contributed by atoms with Crippen LogP contribution in [0.5, 0.6) is 0 Å². The van der Waals surface area contributed by atoms with Crippen molar-refractivity contribution in [3.8, 4) is 0 Å². The molecule has 0 aromatic heterocycles. The molecule has 0 aliphatic heterocycles. The summed E-state index contributed by atoms with van der Waals surface area (Å²) in [4.78, 5) is 1.30. The Hall–Kier alpha value is -0.180. The van der Waals surface area contributed by atoms with Crippen LogP contribution in [0.1, 0.15) is 51.5 Å². The second-order valence-corrected chi connectivity index (χ2v) is 7.85. The number of halogens is 1. The van der Waals surface area contributed by atoms with Gasteiger partial charge in [-0.2, -0.15) is 0 Å². The summed E-state index contributed by atoms with van der Waals surface area (Å²) < 4.78 is 0. The lowest BCUT2D eigenvalue weighted by atomic mass is 10.0. The van der Waals surface area contributed by atoms with E-state index in [0.717, 1.165) is 23.4 Å².